The molecule has 0 aromatic carbocycles. The number of hydrogen-bond donors (Lipinski definition) is 1. The summed E-state index contributed by atoms with van der Waals surface area (Å²) < 4.78 is 0. The van der Waals surface area contributed by atoms with Gasteiger partial charge in [-0.05, 0) is 26.7 Å². The van der Waals surface area contributed by atoms with Gasteiger partial charge in [0.25, 0.3) is 0 Å². The Morgan fingerprint density at radius 2 is 2.20 bits per heavy atom. The molecule has 1 atom stereocenters. The molecular weight excluding hydrogens is 276 g/mol. The van der Waals surface area contributed by atoms with Gasteiger partial charge < -0.3 is 10.6 Å². The first-order valence-corrected chi connectivity index (χ1v) is 7.33. The highest BCUT2D eigenvalue weighted by molar-refractivity contribution is 6.30. The number of rotatable bonds is 4. The summed E-state index contributed by atoms with van der Waals surface area (Å²) in [5, 5.41) is 0.492. The number of nitrogens with zero attached hydrogens (tertiary/aromatic N) is 3. The molecule has 0 aliphatic carbocycles. The molecule has 0 bridgehead atoms. The minimum atomic E-state index is -0.491. The summed E-state index contributed by atoms with van der Waals surface area (Å²) in [7, 11) is 0. The first kappa shape index (κ1) is 15.0. The number of aryl methyl sites for hydroxylation is 1. The van der Waals surface area contributed by atoms with Crippen molar-refractivity contribution in [1.29, 1.82) is 0 Å². The zero-order valence-electron chi connectivity index (χ0n) is 12.2. The number of aromatic nitrogens is 2. The maximum atomic E-state index is 11.6. The van der Waals surface area contributed by atoms with Crippen LogP contribution in [0.15, 0.2) is 0 Å². The van der Waals surface area contributed by atoms with Crippen LogP contribution in [0.5, 0.6) is 0 Å². The van der Waals surface area contributed by atoms with E-state index in [1.165, 1.54) is 0 Å². The fraction of sp³-hybridized carbons (Fsp3) is 0.643. The molecule has 0 spiro atoms. The minimum absolute atomic E-state index is 0.258. The van der Waals surface area contributed by atoms with Gasteiger partial charge in [-0.15, -0.1) is 0 Å². The van der Waals surface area contributed by atoms with E-state index in [1.807, 2.05) is 13.8 Å². The molecule has 0 radical (unpaired) electrons. The van der Waals surface area contributed by atoms with Crippen LogP contribution >= 0.6 is 11.6 Å². The Balaban J connectivity index is 2.32. The van der Waals surface area contributed by atoms with E-state index in [1.54, 1.807) is 0 Å². The minimum Gasteiger partial charge on any atom is -0.369 e. The topological polar surface area (TPSA) is 72.1 Å². The fourth-order valence-corrected chi connectivity index (χ4v) is 2.69. The maximum Gasteiger partial charge on any atom is 0.225 e. The van der Waals surface area contributed by atoms with Crippen molar-refractivity contribution in [3.05, 3.63) is 16.5 Å². The summed E-state index contributed by atoms with van der Waals surface area (Å²) in [6.07, 6.45) is 2.51. The first-order valence-electron chi connectivity index (χ1n) is 6.95. The van der Waals surface area contributed by atoms with Crippen molar-refractivity contribution in [2.24, 2.45) is 11.1 Å². The molecule has 1 aliphatic heterocycles. The molecule has 2 N–H and O–H groups in total. The largest absolute Gasteiger partial charge is 0.369 e. The van der Waals surface area contributed by atoms with Crippen LogP contribution in [-0.2, 0) is 11.2 Å². The summed E-state index contributed by atoms with van der Waals surface area (Å²) >= 11 is 6.20. The van der Waals surface area contributed by atoms with Crippen molar-refractivity contribution in [2.45, 2.75) is 40.0 Å². The van der Waals surface area contributed by atoms with Gasteiger partial charge in [-0.1, -0.05) is 18.5 Å². The van der Waals surface area contributed by atoms with E-state index in [0.29, 0.717) is 11.7 Å². The molecule has 20 heavy (non-hydrogen) atoms. The molecule has 5 nitrogen and oxygen atoms in total. The van der Waals surface area contributed by atoms with Gasteiger partial charge in [-0.2, -0.15) is 0 Å². The molecule has 0 saturated carbocycles. The van der Waals surface area contributed by atoms with E-state index in [2.05, 4.69) is 21.8 Å². The molecule has 1 aromatic rings. The van der Waals surface area contributed by atoms with Crippen LogP contribution in [0.3, 0.4) is 0 Å². The SMILES string of the molecule is CCCc1nc(Cl)c(C)c(N2CCC(C)(C(N)=O)C2)n1. The molecule has 1 saturated heterocycles. The molecule has 1 unspecified atom stereocenters. The number of hydrogen-bond acceptors (Lipinski definition) is 4. The summed E-state index contributed by atoms with van der Waals surface area (Å²) in [4.78, 5) is 22.6. The third-order valence-electron chi connectivity index (χ3n) is 3.95. The van der Waals surface area contributed by atoms with Crippen LogP contribution in [-0.4, -0.2) is 29.0 Å². The number of carbonyl (C=O) groups is 1. The van der Waals surface area contributed by atoms with Gasteiger partial charge in [0, 0.05) is 25.1 Å². The van der Waals surface area contributed by atoms with E-state index >= 15 is 0 Å². The summed E-state index contributed by atoms with van der Waals surface area (Å²) in [5.74, 6) is 1.33. The molecule has 1 amide bonds. The Labute approximate surface area is 124 Å². The highest BCUT2D eigenvalue weighted by Gasteiger charge is 2.40. The van der Waals surface area contributed by atoms with Crippen LogP contribution in [0.25, 0.3) is 0 Å². The lowest BCUT2D eigenvalue weighted by Gasteiger charge is -2.23. The summed E-state index contributed by atoms with van der Waals surface area (Å²) in [6.45, 7) is 7.24. The van der Waals surface area contributed by atoms with Crippen LogP contribution in [0.2, 0.25) is 5.15 Å². The summed E-state index contributed by atoms with van der Waals surface area (Å²) in [6, 6.07) is 0. The molecule has 1 aromatic heterocycles. The van der Waals surface area contributed by atoms with Crippen molar-refractivity contribution < 1.29 is 4.79 Å². The van der Waals surface area contributed by atoms with E-state index in [4.69, 9.17) is 17.3 Å². The quantitative estimate of drug-likeness (QED) is 0.864. The lowest BCUT2D eigenvalue weighted by Crippen LogP contribution is -2.37. The monoisotopic (exact) mass is 296 g/mol. The Kier molecular flexibility index (Phi) is 4.18. The zero-order valence-corrected chi connectivity index (χ0v) is 13.0. The number of anilines is 1. The van der Waals surface area contributed by atoms with Crippen molar-refractivity contribution in [1.82, 2.24) is 9.97 Å². The molecular formula is C14H21ClN4O. The normalized spacial score (nSPS) is 22.3. The lowest BCUT2D eigenvalue weighted by atomic mass is 9.89. The van der Waals surface area contributed by atoms with Gasteiger partial charge in [0.2, 0.25) is 5.91 Å². The van der Waals surface area contributed by atoms with Gasteiger partial charge in [-0.3, -0.25) is 4.79 Å². The Hall–Kier alpha value is -1.36. The van der Waals surface area contributed by atoms with Gasteiger partial charge in [0.1, 0.15) is 16.8 Å². The smallest absolute Gasteiger partial charge is 0.225 e. The number of carbonyl (C=O) groups excluding carboxylic acids is 1. The molecule has 110 valence electrons. The lowest BCUT2D eigenvalue weighted by molar-refractivity contribution is -0.125. The second-order valence-electron chi connectivity index (χ2n) is 5.73. The van der Waals surface area contributed by atoms with Gasteiger partial charge in [0.15, 0.2) is 0 Å². The summed E-state index contributed by atoms with van der Waals surface area (Å²) in [5.41, 5.74) is 5.86. The van der Waals surface area contributed by atoms with Crippen molar-refractivity contribution in [3.8, 4) is 0 Å². The van der Waals surface area contributed by atoms with Crippen molar-refractivity contribution in [3.63, 3.8) is 0 Å². The second-order valence-corrected chi connectivity index (χ2v) is 6.08. The second kappa shape index (κ2) is 5.56. The predicted octanol–water partition coefficient (Wildman–Crippen LogP) is 2.09. The van der Waals surface area contributed by atoms with E-state index < -0.39 is 5.41 Å². The van der Waals surface area contributed by atoms with E-state index in [-0.39, 0.29) is 5.91 Å². The highest BCUT2D eigenvalue weighted by Crippen LogP contribution is 2.34. The average Bonchev–Trinajstić information content (AvgIpc) is 2.78. The number of nitrogens with two attached hydrogens (primary N) is 1. The van der Waals surface area contributed by atoms with Crippen molar-refractivity contribution in [2.75, 3.05) is 18.0 Å². The highest BCUT2D eigenvalue weighted by atomic mass is 35.5. The number of halogens is 1. The molecule has 1 aliphatic rings. The third kappa shape index (κ3) is 2.73. The molecule has 2 heterocycles. The Morgan fingerprint density at radius 3 is 2.75 bits per heavy atom. The first-order chi connectivity index (χ1) is 9.37. The van der Waals surface area contributed by atoms with Crippen LogP contribution < -0.4 is 10.6 Å². The zero-order chi connectivity index (χ0) is 14.9. The van der Waals surface area contributed by atoms with Gasteiger partial charge in [-0.25, -0.2) is 9.97 Å². The molecule has 2 rings (SSSR count). The Bertz CT molecular complexity index is 534. The average molecular weight is 297 g/mol. The van der Waals surface area contributed by atoms with Crippen LogP contribution in [0.4, 0.5) is 5.82 Å². The third-order valence-corrected chi connectivity index (χ3v) is 4.32. The molecule has 1 fully saturated rings. The van der Waals surface area contributed by atoms with Crippen LogP contribution in [0, 0.1) is 12.3 Å². The van der Waals surface area contributed by atoms with Gasteiger partial charge in [0.05, 0.1) is 5.41 Å². The standard InChI is InChI=1S/C14H21ClN4O/c1-4-5-10-17-11(15)9(2)12(18-10)19-7-6-14(3,8-19)13(16)20/h4-8H2,1-3H3,(H2,16,20). The number of primary amides is 1. The number of amides is 1. The van der Waals surface area contributed by atoms with Crippen molar-refractivity contribution >= 4 is 23.3 Å². The van der Waals surface area contributed by atoms with Gasteiger partial charge >= 0.3 is 0 Å². The van der Waals surface area contributed by atoms with E-state index in [9.17, 15) is 4.79 Å². The Morgan fingerprint density at radius 1 is 1.50 bits per heavy atom. The fourth-order valence-electron chi connectivity index (χ4n) is 2.51. The van der Waals surface area contributed by atoms with Crippen LogP contribution in [0.1, 0.15) is 38.1 Å². The predicted molar refractivity (Wildman–Crippen MR) is 79.9 cm³/mol. The van der Waals surface area contributed by atoms with E-state index in [0.717, 1.165) is 43.0 Å². The maximum absolute atomic E-state index is 11.6. The molecule has 6 heteroatoms.